The fraction of sp³-hybridized carbons (Fsp3) is 0.600. The molecular formula is C20H32N2O. The number of hydrogen-bond donors (Lipinski definition) is 1. The maximum absolute atomic E-state index is 6.06. The normalized spacial score (nSPS) is 16.3. The van der Waals surface area contributed by atoms with E-state index >= 15 is 0 Å². The van der Waals surface area contributed by atoms with E-state index in [0.29, 0.717) is 0 Å². The van der Waals surface area contributed by atoms with E-state index in [1.165, 1.54) is 11.1 Å². The lowest BCUT2D eigenvalue weighted by Crippen LogP contribution is -2.43. The first-order valence-electron chi connectivity index (χ1n) is 8.81. The van der Waals surface area contributed by atoms with Crippen molar-refractivity contribution >= 4 is 0 Å². The summed E-state index contributed by atoms with van der Waals surface area (Å²) in [7, 11) is 0. The number of allylic oxidation sites excluding steroid dienone is 1. The van der Waals surface area contributed by atoms with Crippen molar-refractivity contribution in [1.82, 2.24) is 10.2 Å². The summed E-state index contributed by atoms with van der Waals surface area (Å²) < 4.78 is 6.06. The van der Waals surface area contributed by atoms with Gasteiger partial charge < -0.3 is 15.0 Å². The Morgan fingerprint density at radius 3 is 2.65 bits per heavy atom. The summed E-state index contributed by atoms with van der Waals surface area (Å²) in [5, 5.41) is 3.39. The Labute approximate surface area is 141 Å². The summed E-state index contributed by atoms with van der Waals surface area (Å²) in [5.41, 5.74) is 2.76. The molecule has 2 rings (SSSR count). The van der Waals surface area contributed by atoms with Gasteiger partial charge in [-0.2, -0.15) is 0 Å². The van der Waals surface area contributed by atoms with Gasteiger partial charge in [-0.15, -0.1) is 6.58 Å². The van der Waals surface area contributed by atoms with E-state index in [1.54, 1.807) is 0 Å². The summed E-state index contributed by atoms with van der Waals surface area (Å²) in [6.07, 6.45) is 3.89. The molecule has 0 amide bonds. The Bertz CT molecular complexity index is 499. The van der Waals surface area contributed by atoms with Crippen molar-refractivity contribution in [2.45, 2.75) is 39.0 Å². The second kappa shape index (κ2) is 8.51. The van der Waals surface area contributed by atoms with Gasteiger partial charge in [0, 0.05) is 32.7 Å². The number of hydrogen-bond acceptors (Lipinski definition) is 3. The van der Waals surface area contributed by atoms with Crippen LogP contribution in [-0.4, -0.2) is 44.2 Å². The second-order valence-corrected chi connectivity index (χ2v) is 7.36. The number of benzene rings is 1. The molecule has 1 fully saturated rings. The van der Waals surface area contributed by atoms with Gasteiger partial charge in [0.15, 0.2) is 0 Å². The van der Waals surface area contributed by atoms with Crippen LogP contribution in [0.3, 0.4) is 0 Å². The minimum atomic E-state index is 0.163. The minimum Gasteiger partial charge on any atom is -0.493 e. The summed E-state index contributed by atoms with van der Waals surface area (Å²) in [4.78, 5) is 2.51. The SMILES string of the molecule is C=CCc1cc(C(C)(C)C)ccc1OCCCN1CCNCC1. The van der Waals surface area contributed by atoms with E-state index in [0.717, 1.165) is 57.9 Å². The lowest BCUT2D eigenvalue weighted by molar-refractivity contribution is 0.213. The molecule has 1 N–H and O–H groups in total. The lowest BCUT2D eigenvalue weighted by Gasteiger charge is -2.27. The highest BCUT2D eigenvalue weighted by Gasteiger charge is 2.16. The van der Waals surface area contributed by atoms with Gasteiger partial charge >= 0.3 is 0 Å². The summed E-state index contributed by atoms with van der Waals surface area (Å²) in [6.45, 7) is 17.0. The smallest absolute Gasteiger partial charge is 0.122 e. The van der Waals surface area contributed by atoms with Crippen molar-refractivity contribution in [1.29, 1.82) is 0 Å². The highest BCUT2D eigenvalue weighted by atomic mass is 16.5. The lowest BCUT2D eigenvalue weighted by atomic mass is 9.85. The Hall–Kier alpha value is -1.32. The maximum Gasteiger partial charge on any atom is 0.122 e. The third kappa shape index (κ3) is 5.67. The molecule has 0 aliphatic carbocycles. The number of nitrogens with zero attached hydrogens (tertiary/aromatic N) is 1. The summed E-state index contributed by atoms with van der Waals surface area (Å²) in [6, 6.07) is 6.59. The standard InChI is InChI=1S/C20H32N2O/c1-5-7-17-16-18(20(2,3)4)8-9-19(17)23-15-6-12-22-13-10-21-11-14-22/h5,8-9,16,21H,1,6-7,10-15H2,2-4H3. The third-order valence-electron chi connectivity index (χ3n) is 4.38. The molecule has 128 valence electrons. The van der Waals surface area contributed by atoms with Crippen LogP contribution in [0.15, 0.2) is 30.9 Å². The first kappa shape index (κ1) is 18.0. The minimum absolute atomic E-state index is 0.163. The van der Waals surface area contributed by atoms with Crippen LogP contribution in [0.4, 0.5) is 0 Å². The molecular weight excluding hydrogens is 284 g/mol. The molecule has 0 radical (unpaired) electrons. The monoisotopic (exact) mass is 316 g/mol. The average molecular weight is 316 g/mol. The zero-order chi connectivity index (χ0) is 16.7. The van der Waals surface area contributed by atoms with Crippen molar-refractivity contribution in [3.05, 3.63) is 42.0 Å². The zero-order valence-corrected chi connectivity index (χ0v) is 15.0. The quantitative estimate of drug-likeness (QED) is 0.616. The van der Waals surface area contributed by atoms with E-state index < -0.39 is 0 Å². The molecule has 23 heavy (non-hydrogen) atoms. The van der Waals surface area contributed by atoms with Gasteiger partial charge in [-0.05, 0) is 35.4 Å². The van der Waals surface area contributed by atoms with E-state index in [-0.39, 0.29) is 5.41 Å². The fourth-order valence-electron chi connectivity index (χ4n) is 2.91. The Morgan fingerprint density at radius 1 is 1.26 bits per heavy atom. The number of ether oxygens (including phenoxy) is 1. The predicted molar refractivity (Wildman–Crippen MR) is 98.5 cm³/mol. The molecule has 0 unspecified atom stereocenters. The zero-order valence-electron chi connectivity index (χ0n) is 15.0. The molecule has 1 aromatic carbocycles. The molecule has 3 nitrogen and oxygen atoms in total. The summed E-state index contributed by atoms with van der Waals surface area (Å²) in [5.74, 6) is 1.01. The van der Waals surface area contributed by atoms with Crippen molar-refractivity contribution < 1.29 is 4.74 Å². The number of nitrogens with one attached hydrogen (secondary N) is 1. The van der Waals surface area contributed by atoms with Crippen LogP contribution in [0.5, 0.6) is 5.75 Å². The Morgan fingerprint density at radius 2 is 2.00 bits per heavy atom. The van der Waals surface area contributed by atoms with Crippen LogP contribution in [0.2, 0.25) is 0 Å². The molecule has 0 bridgehead atoms. The Kier molecular flexibility index (Phi) is 6.67. The van der Waals surface area contributed by atoms with Crippen LogP contribution in [-0.2, 0) is 11.8 Å². The predicted octanol–water partition coefficient (Wildman–Crippen LogP) is 3.39. The molecule has 1 heterocycles. The van der Waals surface area contributed by atoms with Crippen LogP contribution in [0.1, 0.15) is 38.3 Å². The first-order chi connectivity index (χ1) is 11.0. The van der Waals surface area contributed by atoms with Gasteiger partial charge in [0.25, 0.3) is 0 Å². The van der Waals surface area contributed by atoms with Crippen molar-refractivity contribution in [2.24, 2.45) is 0 Å². The molecule has 1 aliphatic heterocycles. The van der Waals surface area contributed by atoms with Crippen LogP contribution < -0.4 is 10.1 Å². The van der Waals surface area contributed by atoms with E-state index in [2.05, 4.69) is 55.8 Å². The van der Waals surface area contributed by atoms with Gasteiger partial charge in [-0.1, -0.05) is 39.0 Å². The van der Waals surface area contributed by atoms with Gasteiger partial charge in [0.1, 0.15) is 5.75 Å². The van der Waals surface area contributed by atoms with E-state index in [1.807, 2.05) is 6.08 Å². The first-order valence-corrected chi connectivity index (χ1v) is 8.81. The van der Waals surface area contributed by atoms with Crippen LogP contribution >= 0.6 is 0 Å². The number of rotatable bonds is 7. The van der Waals surface area contributed by atoms with Crippen LogP contribution in [0, 0.1) is 0 Å². The molecule has 0 spiro atoms. The van der Waals surface area contributed by atoms with Crippen molar-refractivity contribution in [3.8, 4) is 5.75 Å². The topological polar surface area (TPSA) is 24.5 Å². The van der Waals surface area contributed by atoms with E-state index in [9.17, 15) is 0 Å². The van der Waals surface area contributed by atoms with Gasteiger partial charge in [0.2, 0.25) is 0 Å². The maximum atomic E-state index is 6.06. The molecule has 3 heteroatoms. The molecule has 0 saturated carbocycles. The molecule has 0 aromatic heterocycles. The highest BCUT2D eigenvalue weighted by molar-refractivity contribution is 5.40. The van der Waals surface area contributed by atoms with Crippen LogP contribution in [0.25, 0.3) is 0 Å². The largest absolute Gasteiger partial charge is 0.493 e. The van der Waals surface area contributed by atoms with Crippen molar-refractivity contribution in [3.63, 3.8) is 0 Å². The third-order valence-corrected chi connectivity index (χ3v) is 4.38. The second-order valence-electron chi connectivity index (χ2n) is 7.36. The van der Waals surface area contributed by atoms with Gasteiger partial charge in [-0.25, -0.2) is 0 Å². The van der Waals surface area contributed by atoms with Gasteiger partial charge in [0.05, 0.1) is 6.61 Å². The molecule has 1 saturated heterocycles. The van der Waals surface area contributed by atoms with E-state index in [4.69, 9.17) is 4.74 Å². The fourth-order valence-corrected chi connectivity index (χ4v) is 2.91. The van der Waals surface area contributed by atoms with Gasteiger partial charge in [-0.3, -0.25) is 0 Å². The Balaban J connectivity index is 1.89. The summed E-state index contributed by atoms with van der Waals surface area (Å²) >= 11 is 0. The molecule has 0 atom stereocenters. The molecule has 1 aliphatic rings. The van der Waals surface area contributed by atoms with Crippen molar-refractivity contribution in [2.75, 3.05) is 39.3 Å². The number of piperazine rings is 1. The molecule has 1 aromatic rings. The average Bonchev–Trinajstić information content (AvgIpc) is 2.53. The highest BCUT2D eigenvalue weighted by Crippen LogP contribution is 2.28.